The second-order valence-electron chi connectivity index (χ2n) is 7.04. The lowest BCUT2D eigenvalue weighted by molar-refractivity contribution is -0.142. The van der Waals surface area contributed by atoms with Crippen LogP contribution in [0.15, 0.2) is 0 Å². The van der Waals surface area contributed by atoms with Gasteiger partial charge in [0.15, 0.2) is 0 Å². The number of carbonyl (C=O) groups is 3. The van der Waals surface area contributed by atoms with E-state index < -0.39 is 11.4 Å². The smallest absolute Gasteiger partial charge is 0.333 e. The van der Waals surface area contributed by atoms with E-state index in [2.05, 4.69) is 16.2 Å². The number of nitrogens with one attached hydrogen (secondary N) is 3. The van der Waals surface area contributed by atoms with Gasteiger partial charge in [-0.15, -0.1) is 0 Å². The number of hydrogen-bond acceptors (Lipinski definition) is 3. The molecule has 1 heterocycles. The van der Waals surface area contributed by atoms with Crippen molar-refractivity contribution in [1.82, 2.24) is 21.1 Å². The number of piperidine rings is 1. The number of amides is 4. The fourth-order valence-corrected chi connectivity index (χ4v) is 2.46. The number of urea groups is 1. The van der Waals surface area contributed by atoms with Crippen LogP contribution in [0.4, 0.5) is 4.79 Å². The number of hydrazine groups is 1. The fourth-order valence-electron chi connectivity index (χ4n) is 2.46. The van der Waals surface area contributed by atoms with Crippen molar-refractivity contribution in [3.8, 4) is 0 Å². The van der Waals surface area contributed by atoms with Crippen molar-refractivity contribution < 1.29 is 14.4 Å². The summed E-state index contributed by atoms with van der Waals surface area (Å²) in [7, 11) is 0. The maximum atomic E-state index is 12.2. The third-order valence-corrected chi connectivity index (χ3v) is 3.91. The van der Waals surface area contributed by atoms with Crippen molar-refractivity contribution in [2.75, 3.05) is 19.6 Å². The molecule has 7 heteroatoms. The van der Waals surface area contributed by atoms with Crippen molar-refractivity contribution in [2.45, 2.75) is 53.4 Å². The number of carbonyl (C=O) groups excluding carboxylic acids is 3. The number of nitrogens with zero attached hydrogens (tertiary/aromatic N) is 1. The zero-order valence-electron chi connectivity index (χ0n) is 14.7. The largest absolute Gasteiger partial charge is 0.342 e. The molecular formula is C16H30N4O3. The molecule has 0 atom stereocenters. The molecule has 23 heavy (non-hydrogen) atoms. The highest BCUT2D eigenvalue weighted by molar-refractivity contribution is 5.84. The van der Waals surface area contributed by atoms with Crippen LogP contribution in [-0.2, 0) is 9.59 Å². The normalized spacial score (nSPS) is 15.9. The van der Waals surface area contributed by atoms with E-state index in [1.807, 2.05) is 32.6 Å². The third kappa shape index (κ3) is 6.46. The van der Waals surface area contributed by atoms with Crippen molar-refractivity contribution in [2.24, 2.45) is 11.3 Å². The Kier molecular flexibility index (Phi) is 7.32. The molecule has 1 aliphatic heterocycles. The topological polar surface area (TPSA) is 90.5 Å². The molecule has 0 unspecified atom stereocenters. The number of hydrogen-bond donors (Lipinski definition) is 3. The van der Waals surface area contributed by atoms with Gasteiger partial charge in [0.2, 0.25) is 11.8 Å². The summed E-state index contributed by atoms with van der Waals surface area (Å²) in [4.78, 5) is 37.5. The quantitative estimate of drug-likeness (QED) is 0.539. The van der Waals surface area contributed by atoms with Crippen LogP contribution in [0.1, 0.15) is 53.4 Å². The molecule has 3 N–H and O–H groups in total. The highest BCUT2D eigenvalue weighted by Crippen LogP contribution is 2.23. The zero-order valence-corrected chi connectivity index (χ0v) is 14.7. The van der Waals surface area contributed by atoms with Crippen molar-refractivity contribution in [3.63, 3.8) is 0 Å². The zero-order chi connectivity index (χ0) is 17.5. The first kappa shape index (κ1) is 19.3. The molecule has 0 aromatic carbocycles. The van der Waals surface area contributed by atoms with Gasteiger partial charge in [0, 0.05) is 31.0 Å². The van der Waals surface area contributed by atoms with Crippen LogP contribution >= 0.6 is 0 Å². The minimum Gasteiger partial charge on any atom is -0.342 e. The molecule has 1 saturated heterocycles. The molecule has 1 rings (SSSR count). The van der Waals surface area contributed by atoms with Gasteiger partial charge >= 0.3 is 6.03 Å². The standard InChI is InChI=1S/C16H30N4O3/c1-5-6-9-17-15(23)19-18-13(21)12-7-10-20(11-8-12)14(22)16(2,3)4/h12H,5-11H2,1-4H3,(H,18,21)(H2,17,19,23). The Morgan fingerprint density at radius 2 is 1.70 bits per heavy atom. The van der Waals surface area contributed by atoms with Gasteiger partial charge in [0.05, 0.1) is 0 Å². The second-order valence-corrected chi connectivity index (χ2v) is 7.04. The molecule has 0 aromatic heterocycles. The molecule has 7 nitrogen and oxygen atoms in total. The Balaban J connectivity index is 2.30. The van der Waals surface area contributed by atoms with Gasteiger partial charge in [-0.25, -0.2) is 10.2 Å². The van der Waals surface area contributed by atoms with Gasteiger partial charge in [-0.2, -0.15) is 0 Å². The Morgan fingerprint density at radius 3 is 2.22 bits per heavy atom. The minimum atomic E-state index is -0.396. The van der Waals surface area contributed by atoms with E-state index in [1.165, 1.54) is 0 Å². The van der Waals surface area contributed by atoms with Crippen LogP contribution in [-0.4, -0.2) is 42.4 Å². The molecule has 4 amide bonds. The number of unbranched alkanes of at least 4 members (excludes halogenated alkanes) is 1. The lowest BCUT2D eigenvalue weighted by Crippen LogP contribution is -2.51. The van der Waals surface area contributed by atoms with E-state index >= 15 is 0 Å². The van der Waals surface area contributed by atoms with Gasteiger partial charge in [-0.3, -0.25) is 15.0 Å². The summed E-state index contributed by atoms with van der Waals surface area (Å²) < 4.78 is 0. The summed E-state index contributed by atoms with van der Waals surface area (Å²) >= 11 is 0. The first-order valence-electron chi connectivity index (χ1n) is 8.38. The average Bonchev–Trinajstić information content (AvgIpc) is 2.51. The molecule has 132 valence electrons. The highest BCUT2D eigenvalue weighted by atomic mass is 16.2. The fraction of sp³-hybridized carbons (Fsp3) is 0.812. The van der Waals surface area contributed by atoms with Gasteiger partial charge in [-0.1, -0.05) is 34.1 Å². The predicted molar refractivity (Wildman–Crippen MR) is 88.3 cm³/mol. The number of rotatable bonds is 4. The van der Waals surface area contributed by atoms with Crippen LogP contribution < -0.4 is 16.2 Å². The van der Waals surface area contributed by atoms with Crippen LogP contribution in [0.2, 0.25) is 0 Å². The SMILES string of the molecule is CCCCNC(=O)NNC(=O)C1CCN(C(=O)C(C)(C)C)CC1. The molecule has 0 aromatic rings. The molecule has 0 saturated carbocycles. The van der Waals surface area contributed by atoms with Gasteiger partial charge in [0.25, 0.3) is 0 Å². The number of likely N-dealkylation sites (tertiary alicyclic amines) is 1. The predicted octanol–water partition coefficient (Wildman–Crippen LogP) is 1.40. The van der Waals surface area contributed by atoms with Gasteiger partial charge in [0.1, 0.15) is 0 Å². The summed E-state index contributed by atoms with van der Waals surface area (Å²) in [5.74, 6) is -0.252. The van der Waals surface area contributed by atoms with E-state index in [0.29, 0.717) is 32.5 Å². The molecular weight excluding hydrogens is 296 g/mol. The van der Waals surface area contributed by atoms with E-state index in [1.54, 1.807) is 0 Å². The Hall–Kier alpha value is -1.79. The molecule has 0 spiro atoms. The van der Waals surface area contributed by atoms with Crippen LogP contribution in [0.25, 0.3) is 0 Å². The Morgan fingerprint density at radius 1 is 1.09 bits per heavy atom. The average molecular weight is 326 g/mol. The minimum absolute atomic E-state index is 0.116. The lowest BCUT2D eigenvalue weighted by Gasteiger charge is -2.35. The Bertz CT molecular complexity index is 424. The summed E-state index contributed by atoms with van der Waals surface area (Å²) in [5, 5.41) is 2.66. The maximum absolute atomic E-state index is 12.2. The van der Waals surface area contributed by atoms with E-state index in [-0.39, 0.29) is 17.7 Å². The summed E-state index contributed by atoms with van der Waals surface area (Å²) in [6.45, 7) is 9.48. The van der Waals surface area contributed by atoms with Crippen molar-refractivity contribution in [3.05, 3.63) is 0 Å². The first-order chi connectivity index (χ1) is 10.8. The van der Waals surface area contributed by atoms with Crippen LogP contribution in [0.3, 0.4) is 0 Å². The van der Waals surface area contributed by atoms with E-state index in [0.717, 1.165) is 12.8 Å². The van der Waals surface area contributed by atoms with Crippen LogP contribution in [0.5, 0.6) is 0 Å². The van der Waals surface area contributed by atoms with Crippen molar-refractivity contribution >= 4 is 17.8 Å². The van der Waals surface area contributed by atoms with E-state index in [9.17, 15) is 14.4 Å². The van der Waals surface area contributed by atoms with E-state index in [4.69, 9.17) is 0 Å². The second kappa shape index (κ2) is 8.74. The molecule has 0 bridgehead atoms. The summed E-state index contributed by atoms with van der Waals surface area (Å²) in [6.07, 6.45) is 3.14. The summed E-state index contributed by atoms with van der Waals surface area (Å²) in [6, 6.07) is -0.396. The molecule has 0 aliphatic carbocycles. The summed E-state index contributed by atoms with van der Waals surface area (Å²) in [5.41, 5.74) is 4.42. The third-order valence-electron chi connectivity index (χ3n) is 3.91. The monoisotopic (exact) mass is 326 g/mol. The molecule has 1 aliphatic rings. The first-order valence-corrected chi connectivity index (χ1v) is 8.38. The van der Waals surface area contributed by atoms with Crippen molar-refractivity contribution in [1.29, 1.82) is 0 Å². The Labute approximate surface area is 138 Å². The molecule has 0 radical (unpaired) electrons. The molecule has 1 fully saturated rings. The highest BCUT2D eigenvalue weighted by Gasteiger charge is 2.32. The van der Waals surface area contributed by atoms with Gasteiger partial charge in [-0.05, 0) is 19.3 Å². The maximum Gasteiger partial charge on any atom is 0.333 e. The lowest BCUT2D eigenvalue weighted by atomic mass is 9.91. The van der Waals surface area contributed by atoms with Crippen LogP contribution in [0, 0.1) is 11.3 Å². The van der Waals surface area contributed by atoms with Gasteiger partial charge < -0.3 is 10.2 Å².